The van der Waals surface area contributed by atoms with Crippen LogP contribution in [0.2, 0.25) is 10.0 Å². The molecule has 0 unspecified atom stereocenters. The molecule has 1 aliphatic heterocycles. The monoisotopic (exact) mass is 343 g/mol. The number of ether oxygens (including phenoxy) is 2. The van der Waals surface area contributed by atoms with E-state index < -0.39 is 5.60 Å². The van der Waals surface area contributed by atoms with E-state index in [0.717, 1.165) is 5.56 Å². The lowest BCUT2D eigenvalue weighted by Crippen LogP contribution is -2.38. The Morgan fingerprint density at radius 3 is 2.64 bits per heavy atom. The topological polar surface area (TPSA) is 38.8 Å². The second-order valence-corrected chi connectivity index (χ2v) is 6.79. The third kappa shape index (κ3) is 4.55. The van der Waals surface area contributed by atoms with Crippen LogP contribution in [-0.4, -0.2) is 36.3 Å². The van der Waals surface area contributed by atoms with Gasteiger partial charge in [-0.3, -0.25) is 0 Å². The summed E-state index contributed by atoms with van der Waals surface area (Å²) in [6, 6.07) is 5.31. The Kier molecular flexibility index (Phi) is 5.24. The van der Waals surface area contributed by atoms with Crippen molar-refractivity contribution in [2.45, 2.75) is 26.4 Å². The Labute approximate surface area is 140 Å². The smallest absolute Gasteiger partial charge is 0.410 e. The summed E-state index contributed by atoms with van der Waals surface area (Å²) in [5.74, 6) is 0.685. The van der Waals surface area contributed by atoms with Crippen LogP contribution < -0.4 is 0 Å². The van der Waals surface area contributed by atoms with Crippen LogP contribution in [-0.2, 0) is 9.47 Å². The van der Waals surface area contributed by atoms with Crippen molar-refractivity contribution in [3.05, 3.63) is 39.9 Å². The average molecular weight is 344 g/mol. The highest BCUT2D eigenvalue weighted by atomic mass is 35.5. The van der Waals surface area contributed by atoms with Crippen molar-refractivity contribution in [3.8, 4) is 0 Å². The van der Waals surface area contributed by atoms with Crippen molar-refractivity contribution in [2.75, 3.05) is 19.7 Å². The van der Waals surface area contributed by atoms with Gasteiger partial charge >= 0.3 is 6.09 Å². The van der Waals surface area contributed by atoms with Crippen LogP contribution in [0.5, 0.6) is 0 Å². The number of carbonyl (C=O) groups excluding carboxylic acids is 1. The Morgan fingerprint density at radius 2 is 2.00 bits per heavy atom. The van der Waals surface area contributed by atoms with Gasteiger partial charge in [0.05, 0.1) is 16.6 Å². The fourth-order valence-corrected chi connectivity index (χ4v) is 2.25. The fraction of sp³-hybridized carbons (Fsp3) is 0.438. The van der Waals surface area contributed by atoms with Crippen molar-refractivity contribution in [1.82, 2.24) is 4.90 Å². The first-order valence-corrected chi connectivity index (χ1v) is 7.78. The van der Waals surface area contributed by atoms with E-state index in [1.165, 1.54) is 0 Å². The van der Waals surface area contributed by atoms with E-state index in [9.17, 15) is 4.79 Å². The van der Waals surface area contributed by atoms with Gasteiger partial charge in [0.25, 0.3) is 0 Å². The number of nitrogens with zero attached hydrogens (tertiary/aromatic N) is 1. The Bertz CT molecular complexity index is 594. The lowest BCUT2D eigenvalue weighted by molar-refractivity contribution is 0.0254. The summed E-state index contributed by atoms with van der Waals surface area (Å²) in [6.07, 6.45) is 1.50. The second-order valence-electron chi connectivity index (χ2n) is 5.97. The zero-order valence-electron chi connectivity index (χ0n) is 12.9. The number of halogens is 2. The van der Waals surface area contributed by atoms with E-state index in [1.54, 1.807) is 17.0 Å². The minimum absolute atomic E-state index is 0.345. The van der Waals surface area contributed by atoms with Crippen LogP contribution in [0, 0.1) is 0 Å². The van der Waals surface area contributed by atoms with Gasteiger partial charge in [0, 0.05) is 12.1 Å². The molecule has 0 bridgehead atoms. The van der Waals surface area contributed by atoms with E-state index >= 15 is 0 Å². The molecule has 0 radical (unpaired) electrons. The highest BCUT2D eigenvalue weighted by Gasteiger charge is 2.23. The van der Waals surface area contributed by atoms with E-state index in [0.29, 0.717) is 35.5 Å². The summed E-state index contributed by atoms with van der Waals surface area (Å²) in [4.78, 5) is 13.7. The first kappa shape index (κ1) is 17.0. The van der Waals surface area contributed by atoms with Crippen LogP contribution in [0.3, 0.4) is 0 Å². The Morgan fingerprint density at radius 1 is 1.27 bits per heavy atom. The summed E-state index contributed by atoms with van der Waals surface area (Å²) in [5.41, 5.74) is 0.320. The standard InChI is InChI=1S/C16H19Cl2NO3/c1-16(2,3)22-15(20)19-7-6-14(21-9-8-19)11-4-5-12(17)13(18)10-11/h4-6,10H,7-9H2,1-3H3. The predicted octanol–water partition coefficient (Wildman–Crippen LogP) is 4.60. The van der Waals surface area contributed by atoms with Crippen molar-refractivity contribution in [3.63, 3.8) is 0 Å². The molecule has 0 N–H and O–H groups in total. The van der Waals surface area contributed by atoms with E-state index in [1.807, 2.05) is 32.9 Å². The molecule has 0 fully saturated rings. The predicted molar refractivity (Wildman–Crippen MR) is 88.2 cm³/mol. The molecule has 1 aliphatic rings. The minimum Gasteiger partial charge on any atom is -0.491 e. The maximum atomic E-state index is 12.1. The molecule has 22 heavy (non-hydrogen) atoms. The minimum atomic E-state index is -0.513. The van der Waals surface area contributed by atoms with Crippen LogP contribution in [0.4, 0.5) is 4.79 Å². The first-order valence-electron chi connectivity index (χ1n) is 7.02. The van der Waals surface area contributed by atoms with Gasteiger partial charge in [-0.15, -0.1) is 0 Å². The first-order chi connectivity index (χ1) is 10.3. The van der Waals surface area contributed by atoms with Crippen molar-refractivity contribution in [1.29, 1.82) is 0 Å². The summed E-state index contributed by atoms with van der Waals surface area (Å²) in [6.45, 7) is 6.81. The normalized spacial score (nSPS) is 15.7. The molecule has 1 aromatic carbocycles. The molecule has 1 amide bonds. The maximum Gasteiger partial charge on any atom is 0.410 e. The molecular formula is C16H19Cl2NO3. The third-order valence-corrected chi connectivity index (χ3v) is 3.71. The number of amides is 1. The van der Waals surface area contributed by atoms with E-state index in [2.05, 4.69) is 0 Å². The molecule has 0 aliphatic carbocycles. The van der Waals surface area contributed by atoms with Gasteiger partial charge in [0.1, 0.15) is 18.0 Å². The number of rotatable bonds is 1. The summed E-state index contributed by atoms with van der Waals surface area (Å²) >= 11 is 11.9. The molecule has 120 valence electrons. The quantitative estimate of drug-likeness (QED) is 0.747. The number of hydrogen-bond acceptors (Lipinski definition) is 3. The van der Waals surface area contributed by atoms with Gasteiger partial charge in [-0.2, -0.15) is 0 Å². The second kappa shape index (κ2) is 6.80. The Balaban J connectivity index is 2.10. The van der Waals surface area contributed by atoms with E-state index in [4.69, 9.17) is 32.7 Å². The van der Waals surface area contributed by atoms with Gasteiger partial charge in [0.15, 0.2) is 0 Å². The van der Waals surface area contributed by atoms with Crippen molar-refractivity contribution in [2.24, 2.45) is 0 Å². The zero-order chi connectivity index (χ0) is 16.3. The Hall–Kier alpha value is -1.39. The maximum absolute atomic E-state index is 12.1. The fourth-order valence-electron chi connectivity index (χ4n) is 1.95. The van der Waals surface area contributed by atoms with Crippen LogP contribution in [0.25, 0.3) is 5.76 Å². The number of benzene rings is 1. The number of hydrogen-bond donors (Lipinski definition) is 0. The lowest BCUT2D eigenvalue weighted by Gasteiger charge is -2.25. The van der Waals surface area contributed by atoms with Gasteiger partial charge in [-0.25, -0.2) is 4.79 Å². The molecular weight excluding hydrogens is 325 g/mol. The largest absolute Gasteiger partial charge is 0.491 e. The van der Waals surface area contributed by atoms with Crippen LogP contribution in [0.15, 0.2) is 24.3 Å². The van der Waals surface area contributed by atoms with Crippen LogP contribution in [0.1, 0.15) is 26.3 Å². The zero-order valence-corrected chi connectivity index (χ0v) is 14.4. The van der Waals surface area contributed by atoms with Crippen molar-refractivity contribution >= 4 is 35.1 Å². The summed E-state index contributed by atoms with van der Waals surface area (Å²) in [5, 5.41) is 0.965. The third-order valence-electron chi connectivity index (χ3n) is 2.97. The molecule has 0 atom stereocenters. The van der Waals surface area contributed by atoms with Gasteiger partial charge in [-0.05, 0) is 45.0 Å². The van der Waals surface area contributed by atoms with Crippen molar-refractivity contribution < 1.29 is 14.3 Å². The SMILES string of the molecule is CC(C)(C)OC(=O)N1CC=C(c2ccc(Cl)c(Cl)c2)OCC1. The molecule has 1 heterocycles. The van der Waals surface area contributed by atoms with Crippen LogP contribution >= 0.6 is 23.2 Å². The van der Waals surface area contributed by atoms with Gasteiger partial charge < -0.3 is 14.4 Å². The van der Waals surface area contributed by atoms with Gasteiger partial charge in [0.2, 0.25) is 0 Å². The molecule has 0 aromatic heterocycles. The van der Waals surface area contributed by atoms with E-state index in [-0.39, 0.29) is 6.09 Å². The highest BCUT2D eigenvalue weighted by Crippen LogP contribution is 2.27. The molecule has 2 rings (SSSR count). The molecule has 4 nitrogen and oxygen atoms in total. The highest BCUT2D eigenvalue weighted by molar-refractivity contribution is 6.42. The summed E-state index contributed by atoms with van der Waals surface area (Å²) in [7, 11) is 0. The molecule has 1 aromatic rings. The molecule has 0 saturated heterocycles. The molecule has 0 saturated carbocycles. The summed E-state index contributed by atoms with van der Waals surface area (Å²) < 4.78 is 11.1. The molecule has 0 spiro atoms. The van der Waals surface area contributed by atoms with Gasteiger partial charge in [-0.1, -0.05) is 23.2 Å². The number of carbonyl (C=O) groups is 1. The average Bonchev–Trinajstić information content (AvgIpc) is 2.66. The lowest BCUT2D eigenvalue weighted by atomic mass is 10.2. The molecule has 6 heteroatoms.